The topological polar surface area (TPSA) is 47.0 Å². The van der Waals surface area contributed by atoms with E-state index in [1.165, 1.54) is 19.5 Å². The Morgan fingerprint density at radius 1 is 1.26 bits per heavy atom. The van der Waals surface area contributed by atoms with E-state index in [4.69, 9.17) is 4.74 Å². The third kappa shape index (κ3) is 2.81. The molecule has 0 amide bonds. The second-order valence-corrected chi connectivity index (χ2v) is 4.01. The number of ether oxygens (including phenoxy) is 1. The van der Waals surface area contributed by atoms with Crippen molar-refractivity contribution in [3.63, 3.8) is 0 Å². The Kier molecular flexibility index (Phi) is 4.28. The molecule has 0 unspecified atom stereocenters. The number of hydrogen-bond donors (Lipinski definition) is 1. The molecule has 0 bridgehead atoms. The number of aromatic nitrogens is 2. The molecule has 19 heavy (non-hydrogen) atoms. The van der Waals surface area contributed by atoms with Crippen LogP contribution in [0, 0.1) is 5.82 Å². The zero-order valence-corrected chi connectivity index (χ0v) is 11.0. The summed E-state index contributed by atoms with van der Waals surface area (Å²) in [7, 11) is 1.53. The minimum Gasteiger partial charge on any atom is -0.491 e. The molecule has 100 valence electrons. The second kappa shape index (κ2) is 6.13. The summed E-state index contributed by atoms with van der Waals surface area (Å²) in [6, 6.07) is 6.47. The van der Waals surface area contributed by atoms with Crippen LogP contribution < -0.4 is 10.1 Å². The molecule has 0 aliphatic rings. The molecule has 0 aliphatic heterocycles. The first-order valence-corrected chi connectivity index (χ1v) is 6.15. The highest BCUT2D eigenvalue weighted by Gasteiger charge is 2.16. The maximum absolute atomic E-state index is 13.8. The van der Waals surface area contributed by atoms with E-state index >= 15 is 0 Å². The molecule has 0 saturated heterocycles. The Labute approximate surface area is 111 Å². The molecule has 1 aromatic heterocycles. The quantitative estimate of drug-likeness (QED) is 0.898. The number of nitrogens with one attached hydrogen (secondary N) is 1. The van der Waals surface area contributed by atoms with Gasteiger partial charge in [-0.15, -0.1) is 0 Å². The fourth-order valence-corrected chi connectivity index (χ4v) is 1.78. The lowest BCUT2D eigenvalue weighted by Gasteiger charge is -2.13. The fraction of sp³-hybridized carbons (Fsp3) is 0.286. The monoisotopic (exact) mass is 261 g/mol. The third-order valence-corrected chi connectivity index (χ3v) is 2.68. The van der Waals surface area contributed by atoms with Crippen molar-refractivity contribution in [1.82, 2.24) is 9.97 Å². The molecule has 0 saturated carbocycles. The van der Waals surface area contributed by atoms with Crippen LogP contribution in [0.15, 0.2) is 30.6 Å². The van der Waals surface area contributed by atoms with Crippen LogP contribution in [0.2, 0.25) is 0 Å². The van der Waals surface area contributed by atoms with Crippen molar-refractivity contribution in [2.75, 3.05) is 19.0 Å². The normalized spacial score (nSPS) is 10.3. The zero-order chi connectivity index (χ0) is 13.7. The van der Waals surface area contributed by atoms with Crippen molar-refractivity contribution in [2.45, 2.75) is 13.3 Å². The van der Waals surface area contributed by atoms with Crippen molar-refractivity contribution < 1.29 is 9.13 Å². The maximum Gasteiger partial charge on any atom is 0.187 e. The van der Waals surface area contributed by atoms with E-state index in [2.05, 4.69) is 22.2 Å². The number of rotatable bonds is 5. The average molecular weight is 261 g/mol. The Morgan fingerprint density at radius 3 is 2.74 bits per heavy atom. The Bertz CT molecular complexity index is 560. The first-order valence-electron chi connectivity index (χ1n) is 6.15. The number of methoxy groups -OCH3 is 1. The average Bonchev–Trinajstić information content (AvgIpc) is 2.45. The third-order valence-electron chi connectivity index (χ3n) is 2.68. The van der Waals surface area contributed by atoms with Crippen LogP contribution in [0.25, 0.3) is 11.3 Å². The van der Waals surface area contributed by atoms with Crippen LogP contribution in [-0.4, -0.2) is 23.6 Å². The lowest BCUT2D eigenvalue weighted by molar-refractivity contribution is 0.414. The predicted molar refractivity (Wildman–Crippen MR) is 72.8 cm³/mol. The van der Waals surface area contributed by atoms with Gasteiger partial charge in [0.2, 0.25) is 0 Å². The molecule has 0 spiro atoms. The van der Waals surface area contributed by atoms with Gasteiger partial charge in [-0.2, -0.15) is 0 Å². The molecule has 0 radical (unpaired) electrons. The lowest BCUT2D eigenvalue weighted by Crippen LogP contribution is -2.06. The van der Waals surface area contributed by atoms with Crippen LogP contribution in [-0.2, 0) is 0 Å². The molecule has 0 atom stereocenters. The highest BCUT2D eigenvalue weighted by molar-refractivity contribution is 5.72. The summed E-state index contributed by atoms with van der Waals surface area (Å²) in [5.41, 5.74) is 0.857. The molecule has 1 aromatic carbocycles. The Morgan fingerprint density at radius 2 is 2.05 bits per heavy atom. The van der Waals surface area contributed by atoms with Crippen molar-refractivity contribution >= 4 is 5.82 Å². The molecule has 5 heteroatoms. The summed E-state index contributed by atoms with van der Waals surface area (Å²) in [5, 5.41) is 3.14. The number of halogens is 1. The lowest BCUT2D eigenvalue weighted by atomic mass is 10.1. The van der Waals surface area contributed by atoms with E-state index in [1.807, 2.05) is 0 Å². The largest absolute Gasteiger partial charge is 0.491 e. The van der Waals surface area contributed by atoms with Gasteiger partial charge in [0.1, 0.15) is 17.8 Å². The minimum atomic E-state index is -0.332. The van der Waals surface area contributed by atoms with Crippen molar-refractivity contribution in [3.05, 3.63) is 36.4 Å². The van der Waals surface area contributed by atoms with Gasteiger partial charge in [0.25, 0.3) is 0 Å². The van der Waals surface area contributed by atoms with Crippen molar-refractivity contribution in [3.8, 4) is 17.0 Å². The second-order valence-electron chi connectivity index (χ2n) is 4.01. The minimum absolute atomic E-state index is 0.332. The number of hydrogen-bond acceptors (Lipinski definition) is 4. The SMILES string of the molecule is CCCNc1ncnc(-c2ccccc2F)c1OC. The van der Waals surface area contributed by atoms with Crippen LogP contribution in [0.3, 0.4) is 0 Å². The zero-order valence-electron chi connectivity index (χ0n) is 11.0. The Balaban J connectivity index is 2.49. The van der Waals surface area contributed by atoms with Crippen LogP contribution in [0.1, 0.15) is 13.3 Å². The first-order chi connectivity index (χ1) is 9.27. The molecule has 1 N–H and O–H groups in total. The molecule has 0 fully saturated rings. The predicted octanol–water partition coefficient (Wildman–Crippen LogP) is 3.11. The summed E-state index contributed by atoms with van der Waals surface area (Å²) in [4.78, 5) is 8.27. The van der Waals surface area contributed by atoms with Crippen LogP contribution in [0.4, 0.5) is 10.2 Å². The highest BCUT2D eigenvalue weighted by atomic mass is 19.1. The summed E-state index contributed by atoms with van der Waals surface area (Å²) in [6.07, 6.45) is 2.37. The number of nitrogens with zero attached hydrogens (tertiary/aromatic N) is 2. The van der Waals surface area contributed by atoms with Gasteiger partial charge in [-0.3, -0.25) is 0 Å². The van der Waals surface area contributed by atoms with E-state index in [1.54, 1.807) is 18.2 Å². The smallest absolute Gasteiger partial charge is 0.187 e. The van der Waals surface area contributed by atoms with Gasteiger partial charge in [0, 0.05) is 12.1 Å². The molecule has 1 heterocycles. The van der Waals surface area contributed by atoms with Gasteiger partial charge in [-0.05, 0) is 18.6 Å². The van der Waals surface area contributed by atoms with Gasteiger partial charge in [-0.25, -0.2) is 14.4 Å². The van der Waals surface area contributed by atoms with E-state index < -0.39 is 0 Å². The van der Waals surface area contributed by atoms with Crippen LogP contribution >= 0.6 is 0 Å². The number of anilines is 1. The molecular weight excluding hydrogens is 245 g/mol. The summed E-state index contributed by atoms with van der Waals surface area (Å²) in [6.45, 7) is 2.82. The van der Waals surface area contributed by atoms with Crippen molar-refractivity contribution in [2.24, 2.45) is 0 Å². The summed E-state index contributed by atoms with van der Waals surface area (Å²) < 4.78 is 19.2. The van der Waals surface area contributed by atoms with Crippen molar-refractivity contribution in [1.29, 1.82) is 0 Å². The van der Waals surface area contributed by atoms with E-state index in [9.17, 15) is 4.39 Å². The van der Waals surface area contributed by atoms with Gasteiger partial charge >= 0.3 is 0 Å². The molecule has 2 aromatic rings. The summed E-state index contributed by atoms with van der Waals surface area (Å²) in [5.74, 6) is 0.708. The number of benzene rings is 1. The molecule has 0 aliphatic carbocycles. The highest BCUT2D eigenvalue weighted by Crippen LogP contribution is 2.33. The summed E-state index contributed by atoms with van der Waals surface area (Å²) >= 11 is 0. The van der Waals surface area contributed by atoms with Gasteiger partial charge in [0.15, 0.2) is 11.6 Å². The molecular formula is C14H16FN3O. The molecule has 2 rings (SSSR count). The fourth-order valence-electron chi connectivity index (χ4n) is 1.78. The van der Waals surface area contributed by atoms with Gasteiger partial charge in [-0.1, -0.05) is 19.1 Å². The maximum atomic E-state index is 13.8. The molecule has 4 nitrogen and oxygen atoms in total. The van der Waals surface area contributed by atoms with Crippen LogP contribution in [0.5, 0.6) is 5.75 Å². The van der Waals surface area contributed by atoms with Gasteiger partial charge < -0.3 is 10.1 Å². The van der Waals surface area contributed by atoms with E-state index in [0.717, 1.165) is 13.0 Å². The van der Waals surface area contributed by atoms with E-state index in [-0.39, 0.29) is 5.82 Å². The standard InChI is InChI=1S/C14H16FN3O/c1-3-8-16-14-13(19-2)12(17-9-18-14)10-6-4-5-7-11(10)15/h4-7,9H,3,8H2,1-2H3,(H,16,17,18). The van der Waals surface area contributed by atoms with E-state index in [0.29, 0.717) is 22.8 Å². The van der Waals surface area contributed by atoms with Gasteiger partial charge in [0.05, 0.1) is 7.11 Å². The Hall–Kier alpha value is -2.17. The first kappa shape index (κ1) is 13.3.